The van der Waals surface area contributed by atoms with Crippen LogP contribution >= 0.6 is 0 Å². The van der Waals surface area contributed by atoms with Crippen molar-refractivity contribution in [3.8, 4) is 11.5 Å². The van der Waals surface area contributed by atoms with Gasteiger partial charge in [-0.3, -0.25) is 9.78 Å². The Morgan fingerprint density at radius 2 is 1.93 bits per heavy atom. The van der Waals surface area contributed by atoms with Crippen LogP contribution in [0.5, 0.6) is 11.5 Å². The van der Waals surface area contributed by atoms with E-state index in [1.807, 2.05) is 48.5 Å². The molecule has 1 aliphatic heterocycles. The van der Waals surface area contributed by atoms with Gasteiger partial charge in [0.1, 0.15) is 13.2 Å². The summed E-state index contributed by atoms with van der Waals surface area (Å²) in [5.74, 6) is 1.56. The van der Waals surface area contributed by atoms with Gasteiger partial charge in [-0.25, -0.2) is 0 Å². The standard InChI is InChI=1S/C22H22N2O3/c1-14(2)19-12-17(16-7-3-4-8-18(16)24-19)22(25)23-13-15-6-5-9-20-21(15)27-11-10-26-20/h3-9,12,14H,10-11,13H2,1-2H3,(H,23,25). The number of nitrogens with one attached hydrogen (secondary N) is 1. The van der Waals surface area contributed by atoms with Gasteiger partial charge in [-0.1, -0.05) is 44.2 Å². The molecule has 0 saturated carbocycles. The largest absolute Gasteiger partial charge is 0.486 e. The number of amides is 1. The summed E-state index contributed by atoms with van der Waals surface area (Å²) in [6.45, 7) is 5.59. The van der Waals surface area contributed by atoms with E-state index in [9.17, 15) is 4.79 Å². The second-order valence-electron chi connectivity index (χ2n) is 6.89. The summed E-state index contributed by atoms with van der Waals surface area (Å²) in [6.07, 6.45) is 0. The van der Waals surface area contributed by atoms with Crippen LogP contribution in [-0.2, 0) is 6.54 Å². The fourth-order valence-electron chi connectivity index (χ4n) is 3.22. The van der Waals surface area contributed by atoms with Crippen molar-refractivity contribution in [2.75, 3.05) is 13.2 Å². The molecule has 2 heterocycles. The summed E-state index contributed by atoms with van der Waals surface area (Å²) in [6, 6.07) is 15.4. The Labute approximate surface area is 158 Å². The average Bonchev–Trinajstić information content (AvgIpc) is 2.71. The first-order chi connectivity index (χ1) is 13.1. The molecule has 0 radical (unpaired) electrons. The molecule has 27 heavy (non-hydrogen) atoms. The highest BCUT2D eigenvalue weighted by atomic mass is 16.6. The number of carbonyl (C=O) groups is 1. The third kappa shape index (κ3) is 3.45. The van der Waals surface area contributed by atoms with Crippen LogP contribution in [0, 0.1) is 0 Å². The lowest BCUT2D eigenvalue weighted by Crippen LogP contribution is -2.25. The van der Waals surface area contributed by atoms with Gasteiger partial charge in [0.25, 0.3) is 5.91 Å². The monoisotopic (exact) mass is 362 g/mol. The van der Waals surface area contributed by atoms with Crippen molar-refractivity contribution in [1.29, 1.82) is 0 Å². The topological polar surface area (TPSA) is 60.5 Å². The van der Waals surface area contributed by atoms with Gasteiger partial charge in [-0.15, -0.1) is 0 Å². The smallest absolute Gasteiger partial charge is 0.252 e. The molecule has 4 rings (SSSR count). The van der Waals surface area contributed by atoms with Crippen molar-refractivity contribution in [1.82, 2.24) is 10.3 Å². The van der Waals surface area contributed by atoms with Crippen molar-refractivity contribution in [2.24, 2.45) is 0 Å². The van der Waals surface area contributed by atoms with E-state index < -0.39 is 0 Å². The number of rotatable bonds is 4. The molecule has 5 nitrogen and oxygen atoms in total. The molecule has 0 fully saturated rings. The molecule has 1 N–H and O–H groups in total. The molecule has 1 aromatic heterocycles. The Morgan fingerprint density at radius 3 is 2.78 bits per heavy atom. The van der Waals surface area contributed by atoms with E-state index in [1.165, 1.54) is 0 Å². The second kappa shape index (κ2) is 7.27. The minimum atomic E-state index is -0.121. The maximum atomic E-state index is 13.0. The molecule has 2 aromatic carbocycles. The molecule has 138 valence electrons. The van der Waals surface area contributed by atoms with E-state index >= 15 is 0 Å². The van der Waals surface area contributed by atoms with Gasteiger partial charge < -0.3 is 14.8 Å². The van der Waals surface area contributed by atoms with E-state index in [2.05, 4.69) is 24.1 Å². The van der Waals surface area contributed by atoms with Gasteiger partial charge >= 0.3 is 0 Å². The number of fused-ring (bicyclic) bond motifs is 2. The predicted molar refractivity (Wildman–Crippen MR) is 104 cm³/mol. The minimum Gasteiger partial charge on any atom is -0.486 e. The summed E-state index contributed by atoms with van der Waals surface area (Å²) in [5, 5.41) is 3.88. The number of carbonyl (C=O) groups excluding carboxylic acids is 1. The molecule has 0 atom stereocenters. The first kappa shape index (κ1) is 17.3. The minimum absolute atomic E-state index is 0.121. The number of hydrogen-bond acceptors (Lipinski definition) is 4. The van der Waals surface area contributed by atoms with Crippen LogP contribution in [0.15, 0.2) is 48.5 Å². The van der Waals surface area contributed by atoms with Gasteiger partial charge in [0, 0.05) is 23.2 Å². The second-order valence-corrected chi connectivity index (χ2v) is 6.89. The van der Waals surface area contributed by atoms with Crippen LogP contribution in [0.25, 0.3) is 10.9 Å². The number of ether oxygens (including phenoxy) is 2. The molecule has 5 heteroatoms. The summed E-state index contributed by atoms with van der Waals surface area (Å²) in [4.78, 5) is 17.6. The highest BCUT2D eigenvalue weighted by Gasteiger charge is 2.18. The maximum absolute atomic E-state index is 13.0. The average molecular weight is 362 g/mol. The first-order valence-electron chi connectivity index (χ1n) is 9.19. The van der Waals surface area contributed by atoms with Crippen LogP contribution in [0.2, 0.25) is 0 Å². The summed E-state index contributed by atoms with van der Waals surface area (Å²) in [7, 11) is 0. The summed E-state index contributed by atoms with van der Waals surface area (Å²) in [5.41, 5.74) is 3.30. The van der Waals surface area contributed by atoms with E-state index in [4.69, 9.17) is 9.47 Å². The molecule has 1 amide bonds. The fourth-order valence-corrected chi connectivity index (χ4v) is 3.22. The predicted octanol–water partition coefficient (Wildman–Crippen LogP) is 4.06. The summed E-state index contributed by atoms with van der Waals surface area (Å²) >= 11 is 0. The zero-order valence-electron chi connectivity index (χ0n) is 15.5. The van der Waals surface area contributed by atoms with Crippen molar-refractivity contribution >= 4 is 16.8 Å². The number of benzene rings is 2. The molecule has 1 aliphatic rings. The van der Waals surface area contributed by atoms with Crippen LogP contribution in [0.3, 0.4) is 0 Å². The molecule has 3 aromatic rings. The third-order valence-corrected chi connectivity index (χ3v) is 4.66. The lowest BCUT2D eigenvalue weighted by Gasteiger charge is -2.21. The zero-order chi connectivity index (χ0) is 18.8. The molecule has 0 bridgehead atoms. The van der Waals surface area contributed by atoms with E-state index in [1.54, 1.807) is 0 Å². The van der Waals surface area contributed by atoms with Gasteiger partial charge in [-0.2, -0.15) is 0 Å². The molecule has 0 aliphatic carbocycles. The Morgan fingerprint density at radius 1 is 1.11 bits per heavy atom. The normalized spacial score (nSPS) is 13.0. The van der Waals surface area contributed by atoms with Gasteiger partial charge in [0.2, 0.25) is 0 Å². The number of para-hydroxylation sites is 2. The van der Waals surface area contributed by atoms with E-state index in [0.717, 1.165) is 27.9 Å². The highest BCUT2D eigenvalue weighted by molar-refractivity contribution is 6.06. The highest BCUT2D eigenvalue weighted by Crippen LogP contribution is 2.33. The van der Waals surface area contributed by atoms with Crippen LogP contribution in [0.1, 0.15) is 41.4 Å². The van der Waals surface area contributed by atoms with Crippen molar-refractivity contribution in [3.05, 3.63) is 65.4 Å². The van der Waals surface area contributed by atoms with Gasteiger partial charge in [-0.05, 0) is 24.1 Å². The lowest BCUT2D eigenvalue weighted by molar-refractivity contribution is 0.0951. The van der Waals surface area contributed by atoms with Crippen molar-refractivity contribution in [2.45, 2.75) is 26.3 Å². The van der Waals surface area contributed by atoms with Gasteiger partial charge in [0.05, 0.1) is 11.1 Å². The Hall–Kier alpha value is -3.08. The summed E-state index contributed by atoms with van der Waals surface area (Å²) < 4.78 is 11.3. The molecule has 0 saturated heterocycles. The number of aromatic nitrogens is 1. The SMILES string of the molecule is CC(C)c1cc(C(=O)NCc2cccc3c2OCCO3)c2ccccc2n1. The number of hydrogen-bond donors (Lipinski definition) is 1. The molecular weight excluding hydrogens is 340 g/mol. The van der Waals surface area contributed by atoms with Crippen molar-refractivity contribution < 1.29 is 14.3 Å². The zero-order valence-corrected chi connectivity index (χ0v) is 15.5. The number of pyridine rings is 1. The van der Waals surface area contributed by atoms with E-state index in [0.29, 0.717) is 31.1 Å². The Kier molecular flexibility index (Phi) is 4.67. The number of nitrogens with zero attached hydrogens (tertiary/aromatic N) is 1. The van der Waals surface area contributed by atoms with Crippen molar-refractivity contribution in [3.63, 3.8) is 0 Å². The molecular formula is C22H22N2O3. The molecule has 0 spiro atoms. The third-order valence-electron chi connectivity index (χ3n) is 4.66. The van der Waals surface area contributed by atoms with Crippen LogP contribution < -0.4 is 14.8 Å². The van der Waals surface area contributed by atoms with E-state index in [-0.39, 0.29) is 11.8 Å². The first-order valence-corrected chi connectivity index (χ1v) is 9.19. The van der Waals surface area contributed by atoms with Gasteiger partial charge in [0.15, 0.2) is 11.5 Å². The maximum Gasteiger partial charge on any atom is 0.252 e. The lowest BCUT2D eigenvalue weighted by atomic mass is 10.0. The van der Waals surface area contributed by atoms with Crippen LogP contribution in [-0.4, -0.2) is 24.1 Å². The van der Waals surface area contributed by atoms with Crippen LogP contribution in [0.4, 0.5) is 0 Å². The Bertz CT molecular complexity index is 998. The Balaban J connectivity index is 1.62. The quantitative estimate of drug-likeness (QED) is 0.760. The fraction of sp³-hybridized carbons (Fsp3) is 0.273. The molecule has 0 unspecified atom stereocenters.